The third kappa shape index (κ3) is 2.08. The molecule has 1 aliphatic carbocycles. The molecule has 6 nitrogen and oxygen atoms in total. The molecule has 1 saturated carbocycles. The number of nitrogens with zero attached hydrogens (tertiary/aromatic N) is 5. The first-order valence-corrected chi connectivity index (χ1v) is 6.80. The third-order valence-corrected chi connectivity index (χ3v) is 3.88. The second-order valence-corrected chi connectivity index (χ2v) is 5.35. The molecule has 2 aromatic heterocycles. The Labute approximate surface area is 121 Å². The van der Waals surface area contributed by atoms with Gasteiger partial charge in [0.2, 0.25) is 4.77 Å². The molecule has 20 heavy (non-hydrogen) atoms. The van der Waals surface area contributed by atoms with Crippen LogP contribution in [0.15, 0.2) is 11.2 Å². The monoisotopic (exact) mass is 286 g/mol. The molecule has 3 rings (SSSR count). The van der Waals surface area contributed by atoms with Crippen LogP contribution >= 0.6 is 12.2 Å². The van der Waals surface area contributed by atoms with Gasteiger partial charge in [-0.3, -0.25) is 5.10 Å². The van der Waals surface area contributed by atoms with Gasteiger partial charge in [-0.25, -0.2) is 0 Å². The average molecular weight is 286 g/mol. The Morgan fingerprint density at radius 3 is 2.95 bits per heavy atom. The zero-order valence-electron chi connectivity index (χ0n) is 11.3. The number of rotatable bonds is 3. The molecule has 7 heteroatoms. The van der Waals surface area contributed by atoms with Crippen molar-refractivity contribution in [1.82, 2.24) is 19.4 Å². The Kier molecular flexibility index (Phi) is 3.03. The first kappa shape index (κ1) is 12.8. The van der Waals surface area contributed by atoms with Gasteiger partial charge in [-0.1, -0.05) is 0 Å². The summed E-state index contributed by atoms with van der Waals surface area (Å²) in [6.45, 7) is 1.96. The highest BCUT2D eigenvalue weighted by molar-refractivity contribution is 7.71. The summed E-state index contributed by atoms with van der Waals surface area (Å²) in [7, 11) is 1.87. The molecule has 0 atom stereocenters. The van der Waals surface area contributed by atoms with Crippen LogP contribution in [0.4, 0.5) is 0 Å². The lowest BCUT2D eigenvalue weighted by Gasteiger charge is -1.99. The predicted octanol–water partition coefficient (Wildman–Crippen LogP) is 2.22. The largest absolute Gasteiger partial charge is 0.339 e. The van der Waals surface area contributed by atoms with Crippen LogP contribution in [-0.2, 0) is 7.05 Å². The molecule has 0 bridgehead atoms. The number of nitriles is 1. The molecule has 0 aliphatic heterocycles. The highest BCUT2D eigenvalue weighted by atomic mass is 32.1. The first-order chi connectivity index (χ1) is 9.61. The maximum Gasteiger partial charge on any atom is 0.216 e. The van der Waals surface area contributed by atoms with E-state index in [0.717, 1.165) is 29.9 Å². The molecular weight excluding hydrogens is 272 g/mol. The summed E-state index contributed by atoms with van der Waals surface area (Å²) in [5.41, 5.74) is 2.52. The van der Waals surface area contributed by atoms with Crippen molar-refractivity contribution in [2.75, 3.05) is 0 Å². The van der Waals surface area contributed by atoms with Crippen LogP contribution in [0.1, 0.15) is 41.5 Å². The van der Waals surface area contributed by atoms with Crippen molar-refractivity contribution in [3.05, 3.63) is 33.6 Å². The molecule has 0 aromatic carbocycles. The third-order valence-electron chi connectivity index (χ3n) is 3.62. The highest BCUT2D eigenvalue weighted by Crippen LogP contribution is 2.38. The number of H-pyrrole nitrogens is 1. The van der Waals surface area contributed by atoms with Crippen molar-refractivity contribution in [3.8, 4) is 6.07 Å². The van der Waals surface area contributed by atoms with E-state index in [4.69, 9.17) is 17.5 Å². The zero-order chi connectivity index (χ0) is 14.3. The summed E-state index contributed by atoms with van der Waals surface area (Å²) in [4.78, 5) is 0. The molecular formula is C13H14N6S. The summed E-state index contributed by atoms with van der Waals surface area (Å²) in [6.07, 6.45) is 4.00. The van der Waals surface area contributed by atoms with Gasteiger partial charge in [0.1, 0.15) is 11.8 Å². The normalized spacial score (nSPS) is 14.8. The topological polar surface area (TPSA) is 74.7 Å². The van der Waals surface area contributed by atoms with Crippen LogP contribution in [0.2, 0.25) is 0 Å². The Morgan fingerprint density at radius 1 is 1.60 bits per heavy atom. The van der Waals surface area contributed by atoms with Crippen LogP contribution in [0.3, 0.4) is 0 Å². The van der Waals surface area contributed by atoms with Crippen molar-refractivity contribution >= 4 is 18.4 Å². The van der Waals surface area contributed by atoms with Crippen molar-refractivity contribution in [2.45, 2.75) is 25.7 Å². The van der Waals surface area contributed by atoms with E-state index in [-0.39, 0.29) is 0 Å². The van der Waals surface area contributed by atoms with Crippen molar-refractivity contribution < 1.29 is 0 Å². The minimum atomic E-state index is 0.464. The molecule has 0 saturated heterocycles. The predicted molar refractivity (Wildman–Crippen MR) is 77.2 cm³/mol. The van der Waals surface area contributed by atoms with Gasteiger partial charge in [0, 0.05) is 24.2 Å². The molecule has 0 spiro atoms. The number of nitrogens with one attached hydrogen (secondary N) is 1. The molecule has 1 fully saturated rings. The molecule has 102 valence electrons. The van der Waals surface area contributed by atoms with Crippen molar-refractivity contribution in [1.29, 1.82) is 5.26 Å². The van der Waals surface area contributed by atoms with Gasteiger partial charge in [0.25, 0.3) is 0 Å². The Bertz CT molecular complexity index is 781. The summed E-state index contributed by atoms with van der Waals surface area (Å²) >= 11 is 5.20. The number of hydrogen-bond acceptors (Lipinski definition) is 4. The zero-order valence-corrected chi connectivity index (χ0v) is 12.1. The van der Waals surface area contributed by atoms with E-state index in [1.807, 2.05) is 24.6 Å². The van der Waals surface area contributed by atoms with Crippen molar-refractivity contribution in [3.63, 3.8) is 0 Å². The maximum atomic E-state index is 9.03. The van der Waals surface area contributed by atoms with E-state index in [2.05, 4.69) is 21.4 Å². The van der Waals surface area contributed by atoms with E-state index in [0.29, 0.717) is 16.4 Å². The second-order valence-electron chi connectivity index (χ2n) is 4.96. The van der Waals surface area contributed by atoms with Gasteiger partial charge < -0.3 is 4.57 Å². The fourth-order valence-corrected chi connectivity index (χ4v) is 2.29. The lowest BCUT2D eigenvalue weighted by atomic mass is 10.3. The fourth-order valence-electron chi connectivity index (χ4n) is 2.10. The van der Waals surface area contributed by atoms with E-state index < -0.39 is 0 Å². The Hall–Kier alpha value is -2.20. The van der Waals surface area contributed by atoms with Gasteiger partial charge in [0.05, 0.1) is 6.21 Å². The van der Waals surface area contributed by atoms with Gasteiger partial charge >= 0.3 is 0 Å². The number of aromatic nitrogens is 4. The SMILES string of the molecule is Cc1c(/C=N\n2c(C3CC3)n[nH]c2=S)cc(C#N)n1C. The van der Waals surface area contributed by atoms with Gasteiger partial charge in [-0.15, -0.1) is 0 Å². The number of aromatic amines is 1. The first-order valence-electron chi connectivity index (χ1n) is 6.40. The summed E-state index contributed by atoms with van der Waals surface area (Å²) in [5.74, 6) is 1.35. The summed E-state index contributed by atoms with van der Waals surface area (Å²) < 4.78 is 4.01. The van der Waals surface area contributed by atoms with E-state index in [9.17, 15) is 0 Å². The highest BCUT2D eigenvalue weighted by Gasteiger charge is 2.29. The van der Waals surface area contributed by atoms with Crippen LogP contribution in [0, 0.1) is 23.0 Å². The lowest BCUT2D eigenvalue weighted by molar-refractivity contribution is 0.772. The standard InChI is InChI=1S/C13H14N6S/c1-8-10(5-11(6-14)18(8)2)7-15-19-12(9-3-4-9)16-17-13(19)20/h5,7,9H,3-4H2,1-2H3,(H,17,20)/b15-7-. The van der Waals surface area contributed by atoms with Crippen LogP contribution in [-0.4, -0.2) is 25.7 Å². The van der Waals surface area contributed by atoms with Crippen LogP contribution < -0.4 is 0 Å². The van der Waals surface area contributed by atoms with E-state index in [1.165, 1.54) is 0 Å². The van der Waals surface area contributed by atoms with E-state index >= 15 is 0 Å². The molecule has 0 radical (unpaired) electrons. The quantitative estimate of drug-likeness (QED) is 0.694. The van der Waals surface area contributed by atoms with Gasteiger partial charge in [0.15, 0.2) is 5.82 Å². The number of hydrogen-bond donors (Lipinski definition) is 1. The molecule has 1 aliphatic rings. The second kappa shape index (κ2) is 4.72. The van der Waals surface area contributed by atoms with Gasteiger partial charge in [-0.05, 0) is 38.0 Å². The minimum Gasteiger partial charge on any atom is -0.339 e. The smallest absolute Gasteiger partial charge is 0.216 e. The maximum absolute atomic E-state index is 9.03. The lowest BCUT2D eigenvalue weighted by Crippen LogP contribution is -1.98. The fraction of sp³-hybridized carbons (Fsp3) is 0.385. The summed E-state index contributed by atoms with van der Waals surface area (Å²) in [6, 6.07) is 3.97. The van der Waals surface area contributed by atoms with E-state index in [1.54, 1.807) is 10.9 Å². The summed E-state index contributed by atoms with van der Waals surface area (Å²) in [5, 5.41) is 20.5. The average Bonchev–Trinajstić information content (AvgIpc) is 3.17. The molecule has 0 unspecified atom stereocenters. The molecule has 2 heterocycles. The molecule has 2 aromatic rings. The Balaban J connectivity index is 1.97. The van der Waals surface area contributed by atoms with Crippen LogP contribution in [0.5, 0.6) is 0 Å². The molecule has 0 amide bonds. The molecule has 1 N–H and O–H groups in total. The Morgan fingerprint density at radius 2 is 2.35 bits per heavy atom. The van der Waals surface area contributed by atoms with Gasteiger partial charge in [-0.2, -0.15) is 20.1 Å². The van der Waals surface area contributed by atoms with Crippen LogP contribution in [0.25, 0.3) is 0 Å². The van der Waals surface area contributed by atoms with Crippen molar-refractivity contribution in [2.24, 2.45) is 12.1 Å². The minimum absolute atomic E-state index is 0.464.